The van der Waals surface area contributed by atoms with Gasteiger partial charge in [-0.05, 0) is 25.3 Å². The van der Waals surface area contributed by atoms with Gasteiger partial charge in [0.2, 0.25) is 5.91 Å². The third-order valence-electron chi connectivity index (χ3n) is 4.61. The topological polar surface area (TPSA) is 95.7 Å². The first kappa shape index (κ1) is 16.6. The van der Waals surface area contributed by atoms with E-state index in [1.807, 2.05) is 6.07 Å². The average Bonchev–Trinajstić information content (AvgIpc) is 2.80. The second-order valence-corrected chi connectivity index (χ2v) is 6.31. The summed E-state index contributed by atoms with van der Waals surface area (Å²) in [6.07, 6.45) is 2.98. The standard InChI is InChI=1S/C17H21N3O4/c21-12-17(24)6-3-8-19(9-7-17)15(22)11-20-16(23)14-5-2-1-4-13(14)10-18-20/h1-2,4-5,10,21,24H,3,6-9,11-12H2/t17-/m0/s1. The van der Waals surface area contributed by atoms with Crippen molar-refractivity contribution < 1.29 is 15.0 Å². The summed E-state index contributed by atoms with van der Waals surface area (Å²) in [5.41, 5.74) is -1.41. The SMILES string of the molecule is O=C(Cn1ncc2ccccc2c1=O)N1CCC[C@@](O)(CO)CC1. The van der Waals surface area contributed by atoms with Crippen LogP contribution in [-0.4, -0.2) is 56.1 Å². The summed E-state index contributed by atoms with van der Waals surface area (Å²) in [6, 6.07) is 7.13. The molecule has 0 spiro atoms. The number of fused-ring (bicyclic) bond motifs is 1. The number of carbonyl (C=O) groups excluding carboxylic acids is 1. The quantitative estimate of drug-likeness (QED) is 0.834. The Labute approximate surface area is 139 Å². The van der Waals surface area contributed by atoms with E-state index < -0.39 is 5.60 Å². The van der Waals surface area contributed by atoms with Gasteiger partial charge in [0.25, 0.3) is 5.56 Å². The zero-order valence-corrected chi connectivity index (χ0v) is 13.4. The molecule has 0 radical (unpaired) electrons. The van der Waals surface area contributed by atoms with E-state index in [2.05, 4.69) is 5.10 Å². The number of aromatic nitrogens is 2. The number of likely N-dealkylation sites (tertiary alicyclic amines) is 1. The van der Waals surface area contributed by atoms with E-state index in [-0.39, 0.29) is 24.6 Å². The van der Waals surface area contributed by atoms with E-state index in [1.54, 1.807) is 29.3 Å². The minimum absolute atomic E-state index is 0.124. The molecule has 0 aliphatic carbocycles. The van der Waals surface area contributed by atoms with Crippen LogP contribution in [0.25, 0.3) is 10.8 Å². The van der Waals surface area contributed by atoms with Crippen molar-refractivity contribution in [2.24, 2.45) is 0 Å². The number of aliphatic hydroxyl groups is 2. The van der Waals surface area contributed by atoms with Crippen LogP contribution in [0.3, 0.4) is 0 Å². The smallest absolute Gasteiger partial charge is 0.275 e. The number of hydrogen-bond acceptors (Lipinski definition) is 5. The molecule has 0 unspecified atom stereocenters. The van der Waals surface area contributed by atoms with Gasteiger partial charge >= 0.3 is 0 Å². The van der Waals surface area contributed by atoms with Crippen LogP contribution in [0.2, 0.25) is 0 Å². The first-order valence-electron chi connectivity index (χ1n) is 8.08. The van der Waals surface area contributed by atoms with Gasteiger partial charge in [-0.2, -0.15) is 5.10 Å². The molecule has 3 rings (SSSR count). The molecule has 2 N–H and O–H groups in total. The van der Waals surface area contributed by atoms with Gasteiger partial charge in [0, 0.05) is 18.5 Å². The zero-order chi connectivity index (χ0) is 17.2. The van der Waals surface area contributed by atoms with E-state index in [4.69, 9.17) is 0 Å². The second-order valence-electron chi connectivity index (χ2n) is 6.31. The molecule has 1 saturated heterocycles. The van der Waals surface area contributed by atoms with Crippen molar-refractivity contribution in [1.29, 1.82) is 0 Å². The van der Waals surface area contributed by atoms with E-state index in [0.717, 1.165) is 5.39 Å². The Kier molecular flexibility index (Phi) is 4.64. The highest BCUT2D eigenvalue weighted by Crippen LogP contribution is 2.21. The number of nitrogens with zero attached hydrogens (tertiary/aromatic N) is 3. The van der Waals surface area contributed by atoms with Gasteiger partial charge < -0.3 is 15.1 Å². The molecule has 1 aliphatic heterocycles. The Balaban J connectivity index is 1.75. The number of hydrogen-bond donors (Lipinski definition) is 2. The Hall–Kier alpha value is -2.25. The molecule has 0 saturated carbocycles. The van der Waals surface area contributed by atoms with Crippen molar-refractivity contribution in [3.8, 4) is 0 Å². The maximum Gasteiger partial charge on any atom is 0.275 e. The molecule has 24 heavy (non-hydrogen) atoms. The second kappa shape index (κ2) is 6.70. The van der Waals surface area contributed by atoms with Crippen molar-refractivity contribution in [2.45, 2.75) is 31.4 Å². The van der Waals surface area contributed by atoms with E-state index in [9.17, 15) is 19.8 Å². The average molecular weight is 331 g/mol. The number of carbonyl (C=O) groups is 1. The minimum Gasteiger partial charge on any atom is -0.393 e. The molecule has 1 amide bonds. The van der Waals surface area contributed by atoms with Gasteiger partial charge in [0.05, 0.1) is 23.8 Å². The van der Waals surface area contributed by atoms with Crippen LogP contribution >= 0.6 is 0 Å². The highest BCUT2D eigenvalue weighted by Gasteiger charge is 2.30. The molecule has 2 heterocycles. The van der Waals surface area contributed by atoms with Crippen molar-refractivity contribution in [3.63, 3.8) is 0 Å². The van der Waals surface area contributed by atoms with Crippen LogP contribution in [-0.2, 0) is 11.3 Å². The highest BCUT2D eigenvalue weighted by molar-refractivity contribution is 5.81. The molecule has 1 aromatic carbocycles. The molecular weight excluding hydrogens is 310 g/mol. The molecule has 1 aliphatic rings. The van der Waals surface area contributed by atoms with Crippen LogP contribution in [0.5, 0.6) is 0 Å². The lowest BCUT2D eigenvalue weighted by atomic mass is 9.96. The molecular formula is C17H21N3O4. The summed E-state index contributed by atoms with van der Waals surface area (Å²) in [7, 11) is 0. The monoisotopic (exact) mass is 331 g/mol. The maximum absolute atomic E-state index is 12.5. The van der Waals surface area contributed by atoms with E-state index >= 15 is 0 Å². The van der Waals surface area contributed by atoms with Gasteiger partial charge in [-0.25, -0.2) is 4.68 Å². The Morgan fingerprint density at radius 2 is 2.04 bits per heavy atom. The molecule has 1 aromatic heterocycles. The fourth-order valence-corrected chi connectivity index (χ4v) is 3.05. The Morgan fingerprint density at radius 1 is 1.25 bits per heavy atom. The van der Waals surface area contributed by atoms with Crippen molar-refractivity contribution in [1.82, 2.24) is 14.7 Å². The van der Waals surface area contributed by atoms with Crippen LogP contribution in [0.1, 0.15) is 19.3 Å². The maximum atomic E-state index is 12.5. The summed E-state index contributed by atoms with van der Waals surface area (Å²) in [5, 5.41) is 24.8. The van der Waals surface area contributed by atoms with Crippen LogP contribution in [0.15, 0.2) is 35.3 Å². The number of rotatable bonds is 3. The van der Waals surface area contributed by atoms with Gasteiger partial charge in [-0.1, -0.05) is 18.2 Å². The summed E-state index contributed by atoms with van der Waals surface area (Å²) >= 11 is 0. The summed E-state index contributed by atoms with van der Waals surface area (Å²) in [6.45, 7) is 0.434. The number of benzene rings is 1. The summed E-state index contributed by atoms with van der Waals surface area (Å²) in [5.74, 6) is -0.206. The molecule has 128 valence electrons. The molecule has 7 nitrogen and oxygen atoms in total. The van der Waals surface area contributed by atoms with Crippen molar-refractivity contribution >= 4 is 16.7 Å². The molecule has 1 atom stereocenters. The lowest BCUT2D eigenvalue weighted by Crippen LogP contribution is -2.39. The first-order chi connectivity index (χ1) is 11.5. The Bertz CT molecular complexity index is 804. The molecule has 1 fully saturated rings. The molecule has 7 heteroatoms. The van der Waals surface area contributed by atoms with E-state index in [0.29, 0.717) is 37.7 Å². The van der Waals surface area contributed by atoms with Crippen molar-refractivity contribution in [2.75, 3.05) is 19.7 Å². The third-order valence-corrected chi connectivity index (χ3v) is 4.61. The number of amides is 1. The fourth-order valence-electron chi connectivity index (χ4n) is 3.05. The van der Waals surface area contributed by atoms with Gasteiger partial charge in [-0.15, -0.1) is 0 Å². The van der Waals surface area contributed by atoms with E-state index in [1.165, 1.54) is 4.68 Å². The predicted octanol–water partition coefficient (Wildman–Crippen LogP) is 0.132. The first-order valence-corrected chi connectivity index (χ1v) is 8.08. The molecule has 0 bridgehead atoms. The van der Waals surface area contributed by atoms with Crippen molar-refractivity contribution in [3.05, 3.63) is 40.8 Å². The predicted molar refractivity (Wildman–Crippen MR) is 88.5 cm³/mol. The third kappa shape index (κ3) is 3.32. The lowest BCUT2D eigenvalue weighted by Gasteiger charge is -2.24. The van der Waals surface area contributed by atoms with Gasteiger partial charge in [0.15, 0.2) is 0 Å². The summed E-state index contributed by atoms with van der Waals surface area (Å²) in [4.78, 5) is 26.5. The van der Waals surface area contributed by atoms with Crippen LogP contribution in [0, 0.1) is 0 Å². The normalized spacial score (nSPS) is 21.7. The van der Waals surface area contributed by atoms with Crippen LogP contribution in [0.4, 0.5) is 0 Å². The van der Waals surface area contributed by atoms with Crippen LogP contribution < -0.4 is 5.56 Å². The zero-order valence-electron chi connectivity index (χ0n) is 13.4. The number of aliphatic hydroxyl groups excluding tert-OH is 1. The highest BCUT2D eigenvalue weighted by atomic mass is 16.3. The van der Waals surface area contributed by atoms with Gasteiger partial charge in [0.1, 0.15) is 6.54 Å². The lowest BCUT2D eigenvalue weighted by molar-refractivity contribution is -0.132. The van der Waals surface area contributed by atoms with Gasteiger partial charge in [-0.3, -0.25) is 9.59 Å². The summed E-state index contributed by atoms with van der Waals surface area (Å²) < 4.78 is 1.17. The largest absolute Gasteiger partial charge is 0.393 e. The fraction of sp³-hybridized carbons (Fsp3) is 0.471. The minimum atomic E-state index is -1.12. The Morgan fingerprint density at radius 3 is 2.83 bits per heavy atom. The molecule has 2 aromatic rings.